The van der Waals surface area contributed by atoms with E-state index in [2.05, 4.69) is 15.5 Å². The lowest BCUT2D eigenvalue weighted by Gasteiger charge is -2.32. The van der Waals surface area contributed by atoms with Crippen LogP contribution in [-0.4, -0.2) is 49.1 Å². The molecule has 4 rings (SSSR count). The Morgan fingerprint density at radius 2 is 2.03 bits per heavy atom. The molecule has 1 fully saturated rings. The number of aryl methyl sites for hydroxylation is 3. The molecule has 0 bridgehead atoms. The molecule has 0 radical (unpaired) electrons. The van der Waals surface area contributed by atoms with Gasteiger partial charge in [-0.2, -0.15) is 23.4 Å². The van der Waals surface area contributed by atoms with Crippen LogP contribution in [0.5, 0.6) is 0 Å². The number of alkyl halides is 3. The normalized spacial score (nSPS) is 23.7. The van der Waals surface area contributed by atoms with Gasteiger partial charge in [-0.15, -0.1) is 0 Å². The number of hydrogen-bond acceptors (Lipinski definition) is 4. The molecule has 2 aromatic rings. The topological polar surface area (TPSA) is 68.0 Å². The molecule has 2 aromatic heterocycles. The van der Waals surface area contributed by atoms with Gasteiger partial charge in [0.1, 0.15) is 5.82 Å². The van der Waals surface area contributed by atoms with Gasteiger partial charge in [-0.05, 0) is 45.6 Å². The molecule has 10 heteroatoms. The number of halogens is 3. The van der Waals surface area contributed by atoms with Crippen molar-refractivity contribution in [2.24, 2.45) is 0 Å². The first-order chi connectivity index (χ1) is 14.7. The molecular weight excluding hydrogens is 409 g/mol. The fourth-order valence-electron chi connectivity index (χ4n) is 4.72. The van der Waals surface area contributed by atoms with Crippen molar-refractivity contribution < 1.29 is 18.0 Å². The number of hydrogen-bond donors (Lipinski definition) is 1. The van der Waals surface area contributed by atoms with Gasteiger partial charge < -0.3 is 10.2 Å². The lowest BCUT2D eigenvalue weighted by atomic mass is 10.0. The number of nitrogens with zero attached hydrogens (tertiary/aromatic N) is 5. The Morgan fingerprint density at radius 1 is 1.26 bits per heavy atom. The van der Waals surface area contributed by atoms with Crippen molar-refractivity contribution in [2.45, 2.75) is 83.7 Å². The monoisotopic (exact) mass is 438 g/mol. The Balaban J connectivity index is 1.52. The van der Waals surface area contributed by atoms with Crippen LogP contribution in [0.2, 0.25) is 0 Å². The van der Waals surface area contributed by atoms with E-state index in [9.17, 15) is 18.0 Å². The van der Waals surface area contributed by atoms with Crippen molar-refractivity contribution in [3.8, 4) is 0 Å². The van der Waals surface area contributed by atoms with Gasteiger partial charge in [0.05, 0.1) is 17.4 Å². The van der Waals surface area contributed by atoms with E-state index in [0.717, 1.165) is 22.5 Å². The van der Waals surface area contributed by atoms with E-state index in [1.54, 1.807) is 11.0 Å². The van der Waals surface area contributed by atoms with Crippen molar-refractivity contribution >= 4 is 11.7 Å². The van der Waals surface area contributed by atoms with Crippen LogP contribution in [0.25, 0.3) is 0 Å². The number of fused-ring (bicyclic) bond motifs is 1. The van der Waals surface area contributed by atoms with Crippen molar-refractivity contribution in [3.05, 3.63) is 29.2 Å². The summed E-state index contributed by atoms with van der Waals surface area (Å²) in [6.07, 6.45) is -1.98. The average molecular weight is 438 g/mol. The Morgan fingerprint density at radius 3 is 2.68 bits per heavy atom. The standard InChI is InChI=1S/C21H29F3N6O/c1-4-15-11-18(21(22,23)24)30-19(25-15)12-16(27-30)17-6-5-8-28(17)20(31)7-9-29-14(3)10-13(2)26-29/h10,12,15,17-18,25H,4-9,11H2,1-3H3/t15-,17?,18-/m1/s1. The number of anilines is 1. The van der Waals surface area contributed by atoms with E-state index in [0.29, 0.717) is 43.9 Å². The molecule has 0 spiro atoms. The molecule has 1 N–H and O–H groups in total. The fraction of sp³-hybridized carbons (Fsp3) is 0.667. The number of aromatic nitrogens is 4. The van der Waals surface area contributed by atoms with Crippen LogP contribution in [0.15, 0.2) is 12.1 Å². The second kappa shape index (κ2) is 8.20. The van der Waals surface area contributed by atoms with Gasteiger partial charge in [0.15, 0.2) is 6.04 Å². The van der Waals surface area contributed by atoms with Gasteiger partial charge in [-0.1, -0.05) is 6.92 Å². The number of amides is 1. The average Bonchev–Trinajstić information content (AvgIpc) is 3.41. The van der Waals surface area contributed by atoms with Crippen molar-refractivity contribution in [3.63, 3.8) is 0 Å². The molecule has 0 saturated carbocycles. The highest BCUT2D eigenvalue weighted by Crippen LogP contribution is 2.42. The summed E-state index contributed by atoms with van der Waals surface area (Å²) in [6, 6.07) is 1.48. The molecule has 0 aromatic carbocycles. The van der Waals surface area contributed by atoms with Crippen molar-refractivity contribution in [1.29, 1.82) is 0 Å². The molecule has 7 nitrogen and oxygen atoms in total. The maximum Gasteiger partial charge on any atom is 0.410 e. The highest BCUT2D eigenvalue weighted by Gasteiger charge is 2.46. The van der Waals surface area contributed by atoms with Gasteiger partial charge in [0.2, 0.25) is 5.91 Å². The van der Waals surface area contributed by atoms with Gasteiger partial charge in [-0.25, -0.2) is 4.68 Å². The SMILES string of the molecule is CC[C@@H]1C[C@H](C(F)(F)F)n2nc(C3CCCN3C(=O)CCn3nc(C)cc3C)cc2N1. The van der Waals surface area contributed by atoms with E-state index < -0.39 is 12.2 Å². The summed E-state index contributed by atoms with van der Waals surface area (Å²) >= 11 is 0. The Kier molecular flexibility index (Phi) is 5.74. The smallest absolute Gasteiger partial charge is 0.367 e. The summed E-state index contributed by atoms with van der Waals surface area (Å²) < 4.78 is 43.9. The maximum absolute atomic E-state index is 13.7. The molecular formula is C21H29F3N6O. The maximum atomic E-state index is 13.7. The lowest BCUT2D eigenvalue weighted by molar-refractivity contribution is -0.173. The fourth-order valence-corrected chi connectivity index (χ4v) is 4.72. The molecule has 31 heavy (non-hydrogen) atoms. The lowest BCUT2D eigenvalue weighted by Crippen LogP contribution is -2.39. The van der Waals surface area contributed by atoms with Gasteiger partial charge in [0.25, 0.3) is 0 Å². The largest absolute Gasteiger partial charge is 0.410 e. The predicted octanol–water partition coefficient (Wildman–Crippen LogP) is 4.15. The number of carbonyl (C=O) groups excluding carboxylic acids is 1. The minimum atomic E-state index is -4.36. The molecule has 0 aliphatic carbocycles. The van der Waals surface area contributed by atoms with Crippen LogP contribution >= 0.6 is 0 Å². The summed E-state index contributed by atoms with van der Waals surface area (Å²) in [5.74, 6) is 0.366. The zero-order chi connectivity index (χ0) is 22.3. The number of nitrogens with one attached hydrogen (secondary N) is 1. The summed E-state index contributed by atoms with van der Waals surface area (Å²) in [6.45, 7) is 6.81. The van der Waals surface area contributed by atoms with Crippen molar-refractivity contribution in [2.75, 3.05) is 11.9 Å². The Hall–Kier alpha value is -2.52. The van der Waals surface area contributed by atoms with Crippen LogP contribution in [0, 0.1) is 13.8 Å². The van der Waals surface area contributed by atoms with Crippen molar-refractivity contribution in [1.82, 2.24) is 24.5 Å². The first-order valence-corrected chi connectivity index (χ1v) is 10.9. The predicted molar refractivity (Wildman–Crippen MR) is 110 cm³/mol. The highest BCUT2D eigenvalue weighted by atomic mass is 19.4. The first-order valence-electron chi connectivity index (χ1n) is 10.9. The van der Waals surface area contributed by atoms with E-state index in [4.69, 9.17) is 0 Å². The third-order valence-corrected chi connectivity index (χ3v) is 6.34. The number of likely N-dealkylation sites (tertiary alicyclic amines) is 1. The summed E-state index contributed by atoms with van der Waals surface area (Å²) in [4.78, 5) is 14.7. The second-order valence-electron chi connectivity index (χ2n) is 8.59. The van der Waals surface area contributed by atoms with E-state index >= 15 is 0 Å². The van der Waals surface area contributed by atoms with Crippen LogP contribution in [0.4, 0.5) is 19.0 Å². The molecule has 1 saturated heterocycles. The first kappa shape index (κ1) is 21.7. The van der Waals surface area contributed by atoms with Crippen LogP contribution in [-0.2, 0) is 11.3 Å². The van der Waals surface area contributed by atoms with E-state index in [-0.39, 0.29) is 24.4 Å². The number of carbonyl (C=O) groups is 1. The molecule has 4 heterocycles. The third kappa shape index (κ3) is 4.29. The van der Waals surface area contributed by atoms with Gasteiger partial charge in [-0.3, -0.25) is 9.48 Å². The summed E-state index contributed by atoms with van der Waals surface area (Å²) in [7, 11) is 0. The van der Waals surface area contributed by atoms with E-state index in [1.807, 2.05) is 31.5 Å². The minimum absolute atomic E-state index is 0.0206. The zero-order valence-corrected chi connectivity index (χ0v) is 18.1. The van der Waals surface area contributed by atoms with Crippen LogP contribution in [0.1, 0.15) is 68.2 Å². The molecule has 1 amide bonds. The molecule has 170 valence electrons. The minimum Gasteiger partial charge on any atom is -0.367 e. The van der Waals surface area contributed by atoms with Crippen LogP contribution in [0.3, 0.4) is 0 Å². The quantitative estimate of drug-likeness (QED) is 0.762. The molecule has 1 unspecified atom stereocenters. The van der Waals surface area contributed by atoms with Crippen LogP contribution < -0.4 is 5.32 Å². The Bertz CT molecular complexity index is 950. The molecule has 2 aliphatic rings. The summed E-state index contributed by atoms with van der Waals surface area (Å²) in [5, 5.41) is 11.9. The number of rotatable bonds is 5. The highest BCUT2D eigenvalue weighted by molar-refractivity contribution is 5.77. The van der Waals surface area contributed by atoms with E-state index in [1.165, 1.54) is 0 Å². The van der Waals surface area contributed by atoms with Gasteiger partial charge in [0, 0.05) is 37.3 Å². The third-order valence-electron chi connectivity index (χ3n) is 6.34. The Labute approximate surface area is 179 Å². The molecule has 3 atom stereocenters. The zero-order valence-electron chi connectivity index (χ0n) is 18.1. The van der Waals surface area contributed by atoms with Gasteiger partial charge >= 0.3 is 6.18 Å². The second-order valence-corrected chi connectivity index (χ2v) is 8.59. The summed E-state index contributed by atoms with van der Waals surface area (Å²) in [5.41, 5.74) is 2.44. The molecule has 2 aliphatic heterocycles.